The number of methoxy groups -OCH3 is 1. The fourth-order valence-electron chi connectivity index (χ4n) is 4.45. The number of rotatable bonds is 12. The lowest BCUT2D eigenvalue weighted by atomic mass is 10.1. The topological polar surface area (TPSA) is 56.6 Å². The number of unbranched alkanes of at least 4 members (excludes halogenated alkanes) is 8. The molecular formula is C29H36ClN3O. The molecule has 0 aliphatic heterocycles. The molecule has 3 aromatic heterocycles. The van der Waals surface area contributed by atoms with Crippen LogP contribution in [0, 0.1) is 0 Å². The Morgan fingerprint density at radius 3 is 2.32 bits per heavy atom. The van der Waals surface area contributed by atoms with E-state index in [1.165, 1.54) is 56.7 Å². The van der Waals surface area contributed by atoms with Crippen LogP contribution in [0.15, 0.2) is 42.5 Å². The molecule has 5 heteroatoms. The molecule has 0 saturated heterocycles. The van der Waals surface area contributed by atoms with E-state index in [0.717, 1.165) is 50.5 Å². The second-order valence-corrected chi connectivity index (χ2v) is 9.50. The van der Waals surface area contributed by atoms with Gasteiger partial charge in [-0.2, -0.15) is 0 Å². The molecule has 0 atom stereocenters. The number of hydrogen-bond donors (Lipinski definition) is 3. The lowest BCUT2D eigenvalue weighted by molar-refractivity contribution is 0.414. The SMILES string of the molecule is CCCCCCCCCCC=c1ccc(=Cc2[nH]c(-c3cc4cc(Cl)ccc4[nH]3)cc2OC)[nH]1. The van der Waals surface area contributed by atoms with Gasteiger partial charge in [0, 0.05) is 32.7 Å². The Hall–Kier alpha value is -2.85. The third-order valence-electron chi connectivity index (χ3n) is 6.36. The Bertz CT molecular complexity index is 1310. The Morgan fingerprint density at radius 2 is 1.53 bits per heavy atom. The second kappa shape index (κ2) is 12.0. The molecule has 4 nitrogen and oxygen atoms in total. The highest BCUT2D eigenvalue weighted by molar-refractivity contribution is 6.31. The number of fused-ring (bicyclic) bond motifs is 1. The maximum Gasteiger partial charge on any atom is 0.144 e. The predicted octanol–water partition coefficient (Wildman–Crippen LogP) is 7.29. The van der Waals surface area contributed by atoms with E-state index < -0.39 is 0 Å². The number of H-pyrrole nitrogens is 3. The summed E-state index contributed by atoms with van der Waals surface area (Å²) >= 11 is 6.14. The highest BCUT2D eigenvalue weighted by atomic mass is 35.5. The first-order valence-electron chi connectivity index (χ1n) is 12.6. The van der Waals surface area contributed by atoms with Crippen molar-refractivity contribution in [2.24, 2.45) is 0 Å². The smallest absolute Gasteiger partial charge is 0.144 e. The van der Waals surface area contributed by atoms with E-state index in [4.69, 9.17) is 16.3 Å². The Balaban J connectivity index is 1.40. The van der Waals surface area contributed by atoms with Gasteiger partial charge in [0.25, 0.3) is 0 Å². The van der Waals surface area contributed by atoms with Crippen molar-refractivity contribution in [3.63, 3.8) is 0 Å². The Morgan fingerprint density at radius 1 is 0.794 bits per heavy atom. The maximum atomic E-state index is 6.14. The van der Waals surface area contributed by atoms with Crippen molar-refractivity contribution in [2.45, 2.75) is 64.7 Å². The van der Waals surface area contributed by atoms with Gasteiger partial charge < -0.3 is 19.7 Å². The van der Waals surface area contributed by atoms with Gasteiger partial charge in [0.2, 0.25) is 0 Å². The van der Waals surface area contributed by atoms with Gasteiger partial charge in [-0.25, -0.2) is 0 Å². The first kappa shape index (κ1) is 24.3. The predicted molar refractivity (Wildman–Crippen MR) is 145 cm³/mol. The van der Waals surface area contributed by atoms with Crippen LogP contribution in [0.25, 0.3) is 34.4 Å². The maximum absolute atomic E-state index is 6.14. The minimum atomic E-state index is 0.734. The average Bonchev–Trinajstić information content (AvgIpc) is 3.56. The lowest BCUT2D eigenvalue weighted by Gasteiger charge is -1.99. The van der Waals surface area contributed by atoms with Gasteiger partial charge in [-0.15, -0.1) is 0 Å². The zero-order valence-corrected chi connectivity index (χ0v) is 21.1. The van der Waals surface area contributed by atoms with Crippen molar-refractivity contribution in [2.75, 3.05) is 7.11 Å². The van der Waals surface area contributed by atoms with E-state index in [1.807, 2.05) is 24.3 Å². The molecule has 3 N–H and O–H groups in total. The van der Waals surface area contributed by atoms with Crippen molar-refractivity contribution in [3.05, 3.63) is 63.9 Å². The molecule has 0 bridgehead atoms. The number of ether oxygens (including phenoxy) is 1. The minimum Gasteiger partial charge on any atom is -0.494 e. The molecule has 0 amide bonds. The van der Waals surface area contributed by atoms with Gasteiger partial charge in [-0.05, 0) is 55.3 Å². The van der Waals surface area contributed by atoms with Gasteiger partial charge >= 0.3 is 0 Å². The molecule has 4 rings (SSSR count). The molecule has 180 valence electrons. The first-order chi connectivity index (χ1) is 16.7. The molecule has 0 unspecified atom stereocenters. The van der Waals surface area contributed by atoms with Crippen molar-refractivity contribution in [3.8, 4) is 17.1 Å². The van der Waals surface area contributed by atoms with Gasteiger partial charge in [-0.1, -0.05) is 69.5 Å². The van der Waals surface area contributed by atoms with E-state index >= 15 is 0 Å². The summed E-state index contributed by atoms with van der Waals surface area (Å²) < 4.78 is 5.63. The van der Waals surface area contributed by atoms with E-state index in [0.29, 0.717) is 0 Å². The molecule has 3 heterocycles. The fraction of sp³-hybridized carbons (Fsp3) is 0.379. The number of aromatic nitrogens is 3. The lowest BCUT2D eigenvalue weighted by Crippen LogP contribution is -2.09. The third-order valence-corrected chi connectivity index (χ3v) is 6.59. The summed E-state index contributed by atoms with van der Waals surface area (Å²) in [6.07, 6.45) is 16.3. The van der Waals surface area contributed by atoms with Crippen LogP contribution in [0.5, 0.6) is 5.75 Å². The summed E-state index contributed by atoms with van der Waals surface area (Å²) in [6.45, 7) is 2.27. The van der Waals surface area contributed by atoms with Crippen LogP contribution < -0.4 is 15.4 Å². The molecule has 0 radical (unpaired) electrons. The summed E-state index contributed by atoms with van der Waals surface area (Å²) in [5.74, 6) is 0.811. The highest BCUT2D eigenvalue weighted by Gasteiger charge is 2.11. The van der Waals surface area contributed by atoms with Gasteiger partial charge in [-0.3, -0.25) is 0 Å². The van der Waals surface area contributed by atoms with Crippen molar-refractivity contribution in [1.82, 2.24) is 15.0 Å². The van der Waals surface area contributed by atoms with Gasteiger partial charge in [0.1, 0.15) is 5.75 Å². The standard InChI is InChI=1S/C29H36ClN3O/c1-3-4-5-6-7-8-9-10-11-12-23-14-15-24(31-23)19-28-29(34-2)20-27(33-28)26-18-21-17-22(30)13-16-25(21)32-26/h12-20,31-33H,3-11H2,1-2H3. The van der Waals surface area contributed by atoms with Crippen LogP contribution >= 0.6 is 11.6 Å². The van der Waals surface area contributed by atoms with Crippen molar-refractivity contribution < 1.29 is 4.74 Å². The summed E-state index contributed by atoms with van der Waals surface area (Å²) in [5, 5.41) is 4.05. The quantitative estimate of drug-likeness (QED) is 0.184. The molecular weight excluding hydrogens is 442 g/mol. The second-order valence-electron chi connectivity index (χ2n) is 9.06. The molecule has 0 aliphatic carbocycles. The molecule has 4 aromatic rings. The molecule has 1 aromatic carbocycles. The van der Waals surface area contributed by atoms with Crippen molar-refractivity contribution >= 4 is 34.7 Å². The summed E-state index contributed by atoms with van der Waals surface area (Å²) in [4.78, 5) is 10.4. The number of aromatic amines is 3. The van der Waals surface area contributed by atoms with Crippen LogP contribution in [0.2, 0.25) is 5.02 Å². The summed E-state index contributed by atoms with van der Waals surface area (Å²) in [5.41, 5.74) is 3.97. The first-order valence-corrected chi connectivity index (χ1v) is 13.0. The van der Waals surface area contributed by atoms with Gasteiger partial charge in [0.15, 0.2) is 0 Å². The zero-order chi connectivity index (χ0) is 23.8. The van der Waals surface area contributed by atoms with Crippen LogP contribution in [0.1, 0.15) is 70.4 Å². The Labute approximate surface area is 207 Å². The van der Waals surface area contributed by atoms with Crippen LogP contribution in [0.4, 0.5) is 0 Å². The van der Waals surface area contributed by atoms with E-state index in [9.17, 15) is 0 Å². The van der Waals surface area contributed by atoms with Crippen LogP contribution in [-0.4, -0.2) is 22.1 Å². The molecule has 0 fully saturated rings. The molecule has 0 saturated carbocycles. The van der Waals surface area contributed by atoms with E-state index in [-0.39, 0.29) is 0 Å². The molecule has 34 heavy (non-hydrogen) atoms. The fourth-order valence-corrected chi connectivity index (χ4v) is 4.63. The number of hydrogen-bond acceptors (Lipinski definition) is 1. The van der Waals surface area contributed by atoms with Gasteiger partial charge in [0.05, 0.1) is 24.2 Å². The Kier molecular flexibility index (Phi) is 8.59. The summed E-state index contributed by atoms with van der Waals surface area (Å²) in [7, 11) is 1.70. The summed E-state index contributed by atoms with van der Waals surface area (Å²) in [6, 6.07) is 14.2. The molecule has 0 aliphatic rings. The zero-order valence-electron chi connectivity index (χ0n) is 20.3. The van der Waals surface area contributed by atoms with E-state index in [1.54, 1.807) is 7.11 Å². The van der Waals surface area contributed by atoms with Crippen LogP contribution in [-0.2, 0) is 0 Å². The third kappa shape index (κ3) is 6.38. The molecule has 0 spiro atoms. The normalized spacial score (nSPS) is 12.8. The minimum absolute atomic E-state index is 0.734. The largest absolute Gasteiger partial charge is 0.494 e. The van der Waals surface area contributed by atoms with Crippen molar-refractivity contribution in [1.29, 1.82) is 0 Å². The average molecular weight is 478 g/mol. The number of benzene rings is 1. The highest BCUT2D eigenvalue weighted by Crippen LogP contribution is 2.30. The number of halogens is 1. The number of nitrogens with one attached hydrogen (secondary N) is 3. The van der Waals surface area contributed by atoms with Crippen LogP contribution in [0.3, 0.4) is 0 Å². The monoisotopic (exact) mass is 477 g/mol. The van der Waals surface area contributed by atoms with E-state index in [2.05, 4.69) is 52.2 Å².